The van der Waals surface area contributed by atoms with Crippen molar-refractivity contribution in [1.29, 1.82) is 0 Å². The molecule has 0 saturated carbocycles. The molecule has 93 valence electrons. The van der Waals surface area contributed by atoms with Crippen LogP contribution in [0.15, 0.2) is 54.9 Å². The zero-order valence-corrected chi connectivity index (χ0v) is 10.3. The molecule has 0 spiro atoms. The minimum absolute atomic E-state index is 0.444. The number of halogens is 1. The molecule has 0 fully saturated rings. The Kier molecular flexibility index (Phi) is 3.19. The topological polar surface area (TPSA) is 25.8 Å². The molecule has 2 heterocycles. The maximum Gasteiger partial charge on any atom is 0.220 e. The Labute approximate surface area is 111 Å². The van der Waals surface area contributed by atoms with Crippen molar-refractivity contribution in [2.75, 3.05) is 0 Å². The van der Waals surface area contributed by atoms with Crippen LogP contribution in [0.1, 0.15) is 17.7 Å². The van der Waals surface area contributed by atoms with Crippen LogP contribution in [0.2, 0.25) is 0 Å². The van der Waals surface area contributed by atoms with Gasteiger partial charge in [0.1, 0.15) is 0 Å². The van der Waals surface area contributed by atoms with Crippen LogP contribution in [-0.4, -0.2) is 9.97 Å². The van der Waals surface area contributed by atoms with Crippen molar-refractivity contribution < 1.29 is 4.39 Å². The van der Waals surface area contributed by atoms with E-state index in [4.69, 9.17) is 0 Å². The fourth-order valence-corrected chi connectivity index (χ4v) is 2.11. The summed E-state index contributed by atoms with van der Waals surface area (Å²) in [6.07, 6.45) is 9.94. The summed E-state index contributed by atoms with van der Waals surface area (Å²) in [7, 11) is 0. The van der Waals surface area contributed by atoms with Gasteiger partial charge in [-0.2, -0.15) is 4.39 Å². The van der Waals surface area contributed by atoms with Gasteiger partial charge in [-0.15, -0.1) is 0 Å². The van der Waals surface area contributed by atoms with Crippen molar-refractivity contribution in [1.82, 2.24) is 9.97 Å². The van der Waals surface area contributed by atoms with Gasteiger partial charge in [-0.05, 0) is 54.3 Å². The fourth-order valence-electron chi connectivity index (χ4n) is 2.11. The first-order chi connectivity index (χ1) is 9.34. The van der Waals surface area contributed by atoms with E-state index in [9.17, 15) is 4.39 Å². The number of pyridine rings is 2. The molecule has 1 aliphatic carbocycles. The van der Waals surface area contributed by atoms with Crippen molar-refractivity contribution in [3.8, 4) is 0 Å². The number of aromatic nitrogens is 2. The number of nitrogens with zero attached hydrogens (tertiary/aromatic N) is 2. The first kappa shape index (κ1) is 11.8. The molecule has 0 aromatic carbocycles. The Balaban J connectivity index is 1.99. The van der Waals surface area contributed by atoms with Crippen LogP contribution in [0.4, 0.5) is 4.39 Å². The molecule has 2 nitrogen and oxygen atoms in total. The first-order valence-electron chi connectivity index (χ1n) is 6.11. The van der Waals surface area contributed by atoms with Gasteiger partial charge in [0.2, 0.25) is 5.95 Å². The molecule has 0 saturated heterocycles. The monoisotopic (exact) mass is 251 g/mol. The standard InChI is InChI=1S/C16H12FN2/c17-16-14(7-4-10-19-16)12-5-3-6-13(11-12)15-8-1-2-9-18-15/h1-5,7-11H,6H2. The third-order valence-electron chi connectivity index (χ3n) is 3.03. The summed E-state index contributed by atoms with van der Waals surface area (Å²) in [6.45, 7) is 0. The summed E-state index contributed by atoms with van der Waals surface area (Å²) in [5.74, 6) is -0.444. The molecule has 1 aliphatic rings. The molecule has 2 aromatic rings. The van der Waals surface area contributed by atoms with E-state index in [1.54, 1.807) is 18.3 Å². The van der Waals surface area contributed by atoms with E-state index in [-0.39, 0.29) is 0 Å². The number of hydrogen-bond donors (Lipinski definition) is 0. The second-order valence-corrected chi connectivity index (χ2v) is 4.29. The predicted octanol–water partition coefficient (Wildman–Crippen LogP) is 3.69. The summed E-state index contributed by atoms with van der Waals surface area (Å²) in [6, 6.07) is 9.27. The maximum absolute atomic E-state index is 13.7. The molecular weight excluding hydrogens is 239 g/mol. The summed E-state index contributed by atoms with van der Waals surface area (Å²) in [4.78, 5) is 8.01. The van der Waals surface area contributed by atoms with Gasteiger partial charge in [0.15, 0.2) is 0 Å². The van der Waals surface area contributed by atoms with Gasteiger partial charge >= 0.3 is 0 Å². The lowest BCUT2D eigenvalue weighted by atomic mass is 9.93. The zero-order valence-electron chi connectivity index (χ0n) is 10.3. The lowest BCUT2D eigenvalue weighted by Gasteiger charge is -2.13. The minimum Gasteiger partial charge on any atom is -0.257 e. The number of hydrogen-bond acceptors (Lipinski definition) is 2. The van der Waals surface area contributed by atoms with Crippen LogP contribution in [0.5, 0.6) is 0 Å². The molecule has 2 aromatic heterocycles. The summed E-state index contributed by atoms with van der Waals surface area (Å²) in [5, 5.41) is 0. The van der Waals surface area contributed by atoms with E-state index in [1.807, 2.05) is 36.8 Å². The van der Waals surface area contributed by atoms with Gasteiger partial charge in [-0.1, -0.05) is 12.1 Å². The predicted molar refractivity (Wildman–Crippen MR) is 73.3 cm³/mol. The van der Waals surface area contributed by atoms with Gasteiger partial charge in [0.05, 0.1) is 5.69 Å². The first-order valence-corrected chi connectivity index (χ1v) is 6.11. The molecule has 0 atom stereocenters. The van der Waals surface area contributed by atoms with Gasteiger partial charge in [0.25, 0.3) is 0 Å². The van der Waals surface area contributed by atoms with Crippen molar-refractivity contribution >= 4 is 11.1 Å². The van der Waals surface area contributed by atoms with Crippen LogP contribution >= 0.6 is 0 Å². The van der Waals surface area contributed by atoms with E-state index in [0.29, 0.717) is 5.56 Å². The van der Waals surface area contributed by atoms with Gasteiger partial charge in [0, 0.05) is 18.0 Å². The lowest BCUT2D eigenvalue weighted by molar-refractivity contribution is 0.580. The van der Waals surface area contributed by atoms with Crippen molar-refractivity contribution in [2.24, 2.45) is 0 Å². The molecule has 0 bridgehead atoms. The number of allylic oxidation sites excluding steroid dienone is 4. The fraction of sp³-hybridized carbons (Fsp3) is 0.0625. The van der Waals surface area contributed by atoms with Crippen LogP contribution in [0, 0.1) is 12.4 Å². The quantitative estimate of drug-likeness (QED) is 0.761. The molecule has 0 aliphatic heterocycles. The van der Waals surface area contributed by atoms with Crippen LogP contribution in [0.25, 0.3) is 11.1 Å². The average molecular weight is 251 g/mol. The van der Waals surface area contributed by atoms with E-state index in [0.717, 1.165) is 23.3 Å². The van der Waals surface area contributed by atoms with E-state index >= 15 is 0 Å². The maximum atomic E-state index is 13.7. The molecule has 0 amide bonds. The van der Waals surface area contributed by atoms with Gasteiger partial charge in [-0.3, -0.25) is 4.98 Å². The Hall–Kier alpha value is -2.29. The van der Waals surface area contributed by atoms with Crippen LogP contribution < -0.4 is 0 Å². The Morgan fingerprint density at radius 1 is 1.00 bits per heavy atom. The van der Waals surface area contributed by atoms with Crippen LogP contribution in [-0.2, 0) is 0 Å². The second kappa shape index (κ2) is 5.14. The van der Waals surface area contributed by atoms with E-state index in [2.05, 4.69) is 9.97 Å². The van der Waals surface area contributed by atoms with Gasteiger partial charge in [-0.25, -0.2) is 4.98 Å². The van der Waals surface area contributed by atoms with Crippen molar-refractivity contribution in [3.05, 3.63) is 78.5 Å². The molecular formula is C16H12FN2. The second-order valence-electron chi connectivity index (χ2n) is 4.29. The third kappa shape index (κ3) is 2.45. The molecule has 0 N–H and O–H groups in total. The lowest BCUT2D eigenvalue weighted by Crippen LogP contribution is -1.98. The van der Waals surface area contributed by atoms with Crippen molar-refractivity contribution in [3.63, 3.8) is 0 Å². The summed E-state index contributed by atoms with van der Waals surface area (Å²) >= 11 is 0. The smallest absolute Gasteiger partial charge is 0.220 e. The highest BCUT2D eigenvalue weighted by Crippen LogP contribution is 2.30. The van der Waals surface area contributed by atoms with E-state index in [1.165, 1.54) is 6.20 Å². The summed E-state index contributed by atoms with van der Waals surface area (Å²) < 4.78 is 13.7. The largest absolute Gasteiger partial charge is 0.257 e. The molecule has 19 heavy (non-hydrogen) atoms. The average Bonchev–Trinajstić information content (AvgIpc) is 2.49. The minimum atomic E-state index is -0.444. The van der Waals surface area contributed by atoms with E-state index < -0.39 is 5.95 Å². The van der Waals surface area contributed by atoms with Crippen LogP contribution in [0.3, 0.4) is 0 Å². The highest BCUT2D eigenvalue weighted by molar-refractivity contribution is 5.86. The molecule has 0 unspecified atom stereocenters. The Morgan fingerprint density at radius 3 is 2.68 bits per heavy atom. The third-order valence-corrected chi connectivity index (χ3v) is 3.03. The molecule has 3 rings (SSSR count). The Morgan fingerprint density at radius 2 is 1.89 bits per heavy atom. The SMILES string of the molecule is Fc1ncccc1C1=C[CH]CC(c2ccccn2)=C1. The molecule has 1 radical (unpaired) electrons. The normalized spacial score (nSPS) is 14.8. The van der Waals surface area contributed by atoms with Gasteiger partial charge < -0.3 is 0 Å². The highest BCUT2D eigenvalue weighted by atomic mass is 19.1. The zero-order chi connectivity index (χ0) is 13.1. The molecule has 3 heteroatoms. The number of rotatable bonds is 2. The van der Waals surface area contributed by atoms with Crippen molar-refractivity contribution in [2.45, 2.75) is 6.42 Å². The summed E-state index contributed by atoms with van der Waals surface area (Å²) in [5.41, 5.74) is 3.36. The Bertz CT molecular complexity index is 645. The highest BCUT2D eigenvalue weighted by Gasteiger charge is 2.13.